The number of hydrogen-bond donors (Lipinski definition) is 2. The van der Waals surface area contributed by atoms with Crippen molar-refractivity contribution in [2.45, 2.75) is 0 Å². The number of rotatable bonds is 3. The molecule has 4 rings (SSSR count). The van der Waals surface area contributed by atoms with Crippen molar-refractivity contribution >= 4 is 34.8 Å². The number of carbonyl (C=O) groups excluding carboxylic acids is 4. The molecule has 2 heterocycles. The smallest absolute Gasteiger partial charge is 0.258 e. The zero-order chi connectivity index (χ0) is 18.3. The van der Waals surface area contributed by atoms with Crippen LogP contribution < -0.4 is 10.6 Å². The second-order valence-electron chi connectivity index (χ2n) is 5.91. The lowest BCUT2D eigenvalue weighted by Crippen LogP contribution is -2.21. The summed E-state index contributed by atoms with van der Waals surface area (Å²) in [5, 5.41) is 4.44. The summed E-state index contributed by atoms with van der Waals surface area (Å²) in [5.74, 6) is -1.61. The first kappa shape index (κ1) is 15.7. The van der Waals surface area contributed by atoms with Crippen LogP contribution in [-0.4, -0.2) is 23.6 Å². The number of nitrogens with one attached hydrogen (secondary N) is 2. The fourth-order valence-corrected chi connectivity index (χ4v) is 2.94. The van der Waals surface area contributed by atoms with Gasteiger partial charge in [0, 0.05) is 12.2 Å². The molecular formula is C20H12N2O4. The molecule has 4 amide bonds. The molecule has 0 saturated heterocycles. The Kier molecular flexibility index (Phi) is 3.58. The zero-order valence-electron chi connectivity index (χ0n) is 13.4. The minimum atomic E-state index is -0.409. The van der Waals surface area contributed by atoms with Gasteiger partial charge in [0.05, 0.1) is 11.1 Å². The Morgan fingerprint density at radius 3 is 1.04 bits per heavy atom. The maximum absolute atomic E-state index is 11.7. The number of imide groups is 2. The first-order valence-electron chi connectivity index (χ1n) is 7.86. The third-order valence-electron chi connectivity index (χ3n) is 4.24. The van der Waals surface area contributed by atoms with Crippen LogP contribution in [0.4, 0.5) is 0 Å². The lowest BCUT2D eigenvalue weighted by atomic mass is 9.98. The Labute approximate surface area is 148 Å². The van der Waals surface area contributed by atoms with Crippen molar-refractivity contribution in [1.82, 2.24) is 10.6 Å². The molecule has 2 aromatic carbocycles. The lowest BCUT2D eigenvalue weighted by molar-refractivity contribution is -0.124. The maximum atomic E-state index is 11.7. The molecule has 6 heteroatoms. The van der Waals surface area contributed by atoms with E-state index in [-0.39, 0.29) is 0 Å². The highest BCUT2D eigenvalue weighted by Crippen LogP contribution is 2.26. The Bertz CT molecular complexity index is 943. The van der Waals surface area contributed by atoms with E-state index in [0.29, 0.717) is 22.3 Å². The monoisotopic (exact) mass is 344 g/mol. The number of benzene rings is 2. The summed E-state index contributed by atoms with van der Waals surface area (Å²) >= 11 is 0. The fraction of sp³-hybridized carbons (Fsp3) is 0. The van der Waals surface area contributed by atoms with Crippen molar-refractivity contribution in [3.05, 3.63) is 71.8 Å². The first-order valence-corrected chi connectivity index (χ1v) is 7.86. The van der Waals surface area contributed by atoms with Crippen LogP contribution in [0.5, 0.6) is 0 Å². The summed E-state index contributed by atoms with van der Waals surface area (Å²) in [5.41, 5.74) is 3.87. The van der Waals surface area contributed by atoms with Crippen LogP contribution >= 0.6 is 0 Å². The van der Waals surface area contributed by atoms with Crippen LogP contribution in [0.1, 0.15) is 11.1 Å². The van der Waals surface area contributed by atoms with Gasteiger partial charge in [-0.15, -0.1) is 0 Å². The Hall–Kier alpha value is -3.80. The van der Waals surface area contributed by atoms with E-state index in [9.17, 15) is 19.2 Å². The second kappa shape index (κ2) is 5.93. The predicted molar refractivity (Wildman–Crippen MR) is 94.1 cm³/mol. The van der Waals surface area contributed by atoms with E-state index in [2.05, 4.69) is 10.6 Å². The summed E-state index contributed by atoms with van der Waals surface area (Å²) in [7, 11) is 0. The van der Waals surface area contributed by atoms with Crippen LogP contribution in [0.25, 0.3) is 22.3 Å². The molecule has 0 aliphatic carbocycles. The van der Waals surface area contributed by atoms with Crippen molar-refractivity contribution < 1.29 is 19.2 Å². The van der Waals surface area contributed by atoms with Crippen molar-refractivity contribution in [3.8, 4) is 11.1 Å². The summed E-state index contributed by atoms with van der Waals surface area (Å²) < 4.78 is 0. The van der Waals surface area contributed by atoms with Crippen molar-refractivity contribution in [2.24, 2.45) is 0 Å². The summed E-state index contributed by atoms with van der Waals surface area (Å²) in [6.07, 6.45) is 2.57. The first-order chi connectivity index (χ1) is 12.5. The second-order valence-corrected chi connectivity index (χ2v) is 5.91. The molecule has 2 aliphatic rings. The largest absolute Gasteiger partial charge is 0.289 e. The van der Waals surface area contributed by atoms with Gasteiger partial charge >= 0.3 is 0 Å². The topological polar surface area (TPSA) is 92.3 Å². The molecule has 0 unspecified atom stereocenters. The highest BCUT2D eigenvalue weighted by molar-refractivity contribution is 6.34. The molecule has 0 bridgehead atoms. The predicted octanol–water partition coefficient (Wildman–Crippen LogP) is 1.43. The van der Waals surface area contributed by atoms with E-state index in [4.69, 9.17) is 0 Å². The quantitative estimate of drug-likeness (QED) is 0.824. The van der Waals surface area contributed by atoms with Gasteiger partial charge in [0.15, 0.2) is 0 Å². The lowest BCUT2D eigenvalue weighted by Gasteiger charge is -2.06. The third kappa shape index (κ3) is 2.73. The molecule has 0 aromatic heterocycles. The Morgan fingerprint density at radius 1 is 0.462 bits per heavy atom. The fourth-order valence-electron chi connectivity index (χ4n) is 2.94. The van der Waals surface area contributed by atoms with Crippen molar-refractivity contribution in [1.29, 1.82) is 0 Å². The van der Waals surface area contributed by atoms with Crippen molar-refractivity contribution in [3.63, 3.8) is 0 Å². The molecule has 2 aliphatic heterocycles. The van der Waals surface area contributed by atoms with Gasteiger partial charge in [-0.1, -0.05) is 48.5 Å². The van der Waals surface area contributed by atoms with Gasteiger partial charge < -0.3 is 0 Å². The van der Waals surface area contributed by atoms with E-state index < -0.39 is 23.6 Å². The summed E-state index contributed by atoms with van der Waals surface area (Å²) in [6, 6.07) is 14.5. The van der Waals surface area contributed by atoms with Gasteiger partial charge in [-0.25, -0.2) is 0 Å². The van der Waals surface area contributed by atoms with Gasteiger partial charge in [0.2, 0.25) is 0 Å². The van der Waals surface area contributed by atoms with Crippen LogP contribution in [0.15, 0.2) is 60.7 Å². The summed E-state index contributed by atoms with van der Waals surface area (Å²) in [6.45, 7) is 0. The highest BCUT2D eigenvalue weighted by Gasteiger charge is 2.23. The molecule has 0 fully saturated rings. The van der Waals surface area contributed by atoms with E-state index in [1.807, 2.05) is 24.3 Å². The standard InChI is InChI=1S/C20H12N2O4/c23-17-9-15(19(25)21-17)13-5-1-11(2-6-13)12-3-7-14(8-4-12)16-10-18(24)22-20(16)26/h1-10H,(H,21,23,25)(H,22,24,26). The van der Waals surface area contributed by atoms with Crippen molar-refractivity contribution in [2.75, 3.05) is 0 Å². The van der Waals surface area contributed by atoms with Crippen LogP contribution in [0, 0.1) is 0 Å². The molecule has 0 spiro atoms. The molecule has 26 heavy (non-hydrogen) atoms. The van der Waals surface area contributed by atoms with Crippen LogP contribution in [0.2, 0.25) is 0 Å². The minimum Gasteiger partial charge on any atom is -0.289 e. The van der Waals surface area contributed by atoms with Gasteiger partial charge in [0.25, 0.3) is 23.6 Å². The number of carbonyl (C=O) groups is 4. The molecule has 2 aromatic rings. The third-order valence-corrected chi connectivity index (χ3v) is 4.24. The van der Waals surface area contributed by atoms with Crippen LogP contribution in [0.3, 0.4) is 0 Å². The van der Waals surface area contributed by atoms with E-state index in [1.165, 1.54) is 12.2 Å². The molecule has 2 N–H and O–H groups in total. The number of hydrogen-bond acceptors (Lipinski definition) is 4. The van der Waals surface area contributed by atoms with Gasteiger partial charge in [-0.05, 0) is 22.3 Å². The number of amides is 4. The van der Waals surface area contributed by atoms with Gasteiger partial charge in [-0.3, -0.25) is 29.8 Å². The van der Waals surface area contributed by atoms with E-state index in [0.717, 1.165) is 11.1 Å². The molecule has 0 saturated carbocycles. The highest BCUT2D eigenvalue weighted by atomic mass is 16.2. The van der Waals surface area contributed by atoms with E-state index in [1.54, 1.807) is 24.3 Å². The summed E-state index contributed by atoms with van der Waals surface area (Å²) in [4.78, 5) is 45.9. The molecule has 6 nitrogen and oxygen atoms in total. The van der Waals surface area contributed by atoms with E-state index >= 15 is 0 Å². The Morgan fingerprint density at radius 2 is 0.769 bits per heavy atom. The average Bonchev–Trinajstić information content (AvgIpc) is 3.15. The zero-order valence-corrected chi connectivity index (χ0v) is 13.4. The molecular weight excluding hydrogens is 332 g/mol. The average molecular weight is 344 g/mol. The maximum Gasteiger partial charge on any atom is 0.258 e. The van der Waals surface area contributed by atoms with Gasteiger partial charge in [-0.2, -0.15) is 0 Å². The molecule has 0 radical (unpaired) electrons. The minimum absolute atomic E-state index is 0.348. The SMILES string of the molecule is O=C1C=C(c2ccc(-c3ccc(C4=CC(=O)NC4=O)cc3)cc2)C(=O)N1. The normalized spacial score (nSPS) is 16.3. The molecule has 126 valence electrons. The Balaban J connectivity index is 1.59. The molecule has 0 atom stereocenters. The van der Waals surface area contributed by atoms with Gasteiger partial charge in [0.1, 0.15) is 0 Å². The van der Waals surface area contributed by atoms with Crippen LogP contribution in [-0.2, 0) is 19.2 Å².